The van der Waals surface area contributed by atoms with Gasteiger partial charge in [-0.2, -0.15) is 0 Å². The van der Waals surface area contributed by atoms with Crippen molar-refractivity contribution in [1.29, 1.82) is 0 Å². The first-order chi connectivity index (χ1) is 8.49. The number of allylic oxidation sites excluding steroid dienone is 1. The summed E-state index contributed by atoms with van der Waals surface area (Å²) >= 11 is 5.73. The minimum Gasteiger partial charge on any atom is -0.489 e. The second kappa shape index (κ2) is 7.07. The standard InChI is InChI=1S/C14H19ClN2O/c1-11-9-13(18-8-7-12(2)15)5-6-14(11)16-10-17(3)4/h5-7,9-10H,8H2,1-4H3/p+1. The average Bonchev–Trinajstić information content (AvgIpc) is 2.27. The zero-order valence-electron chi connectivity index (χ0n) is 11.3. The molecule has 3 nitrogen and oxygen atoms in total. The van der Waals surface area contributed by atoms with Crippen molar-refractivity contribution in [2.24, 2.45) is 0 Å². The van der Waals surface area contributed by atoms with Crippen molar-refractivity contribution >= 4 is 23.6 Å². The molecule has 1 aromatic carbocycles. The molecular formula is C14H20ClN2O+. The fourth-order valence-electron chi connectivity index (χ4n) is 1.34. The zero-order valence-corrected chi connectivity index (χ0v) is 12.1. The van der Waals surface area contributed by atoms with Crippen molar-refractivity contribution in [3.05, 3.63) is 34.9 Å². The molecule has 0 saturated heterocycles. The van der Waals surface area contributed by atoms with E-state index in [0.29, 0.717) is 6.61 Å². The highest BCUT2D eigenvalue weighted by atomic mass is 35.5. The lowest BCUT2D eigenvalue weighted by atomic mass is 10.2. The summed E-state index contributed by atoms with van der Waals surface area (Å²) in [6, 6.07) is 5.95. The fraction of sp³-hybridized carbons (Fsp3) is 0.357. The first-order valence-electron chi connectivity index (χ1n) is 5.81. The van der Waals surface area contributed by atoms with Gasteiger partial charge in [-0.25, -0.2) is 5.32 Å². The van der Waals surface area contributed by atoms with E-state index in [1.807, 2.05) is 63.1 Å². The van der Waals surface area contributed by atoms with E-state index in [9.17, 15) is 0 Å². The quantitative estimate of drug-likeness (QED) is 0.503. The van der Waals surface area contributed by atoms with Crippen molar-refractivity contribution in [3.63, 3.8) is 0 Å². The molecule has 1 aromatic rings. The van der Waals surface area contributed by atoms with Gasteiger partial charge in [-0.1, -0.05) is 11.6 Å². The number of ether oxygens (including phenoxy) is 1. The number of nitrogens with zero attached hydrogens (tertiary/aromatic N) is 1. The molecule has 0 heterocycles. The summed E-state index contributed by atoms with van der Waals surface area (Å²) in [4.78, 5) is 0. The topological polar surface area (TPSA) is 24.3 Å². The van der Waals surface area contributed by atoms with Gasteiger partial charge in [-0.15, -0.1) is 0 Å². The van der Waals surface area contributed by atoms with Gasteiger partial charge >= 0.3 is 0 Å². The molecular weight excluding hydrogens is 248 g/mol. The Kier molecular flexibility index (Phi) is 5.72. The second-order valence-corrected chi connectivity index (χ2v) is 4.91. The summed E-state index contributed by atoms with van der Waals surface area (Å²) in [5.74, 6) is 0.845. The van der Waals surface area contributed by atoms with Crippen LogP contribution in [0.15, 0.2) is 29.3 Å². The van der Waals surface area contributed by atoms with Gasteiger partial charge in [-0.3, -0.25) is 4.58 Å². The SMILES string of the molecule is CC(Cl)=CCOc1ccc(NC=[N+](C)C)c(C)c1. The van der Waals surface area contributed by atoms with Crippen LogP contribution in [0.25, 0.3) is 0 Å². The van der Waals surface area contributed by atoms with Gasteiger partial charge in [0.05, 0.1) is 14.1 Å². The molecule has 1 rings (SSSR count). The highest BCUT2D eigenvalue weighted by molar-refractivity contribution is 6.29. The zero-order chi connectivity index (χ0) is 13.5. The molecule has 0 unspecified atom stereocenters. The summed E-state index contributed by atoms with van der Waals surface area (Å²) in [6.45, 7) is 4.37. The molecule has 18 heavy (non-hydrogen) atoms. The van der Waals surface area contributed by atoms with Gasteiger partial charge < -0.3 is 4.74 Å². The lowest BCUT2D eigenvalue weighted by Crippen LogP contribution is -2.08. The van der Waals surface area contributed by atoms with Crippen molar-refractivity contribution in [2.45, 2.75) is 13.8 Å². The Balaban J connectivity index is 2.67. The Hall–Kier alpha value is -1.48. The molecule has 0 fully saturated rings. The van der Waals surface area contributed by atoms with Crippen LogP contribution in [-0.4, -0.2) is 31.6 Å². The van der Waals surface area contributed by atoms with E-state index in [2.05, 4.69) is 5.32 Å². The molecule has 0 saturated carbocycles. The molecule has 0 aromatic heterocycles. The Morgan fingerprint density at radius 2 is 2.17 bits per heavy atom. The minimum absolute atomic E-state index is 0.491. The molecule has 0 spiro atoms. The minimum atomic E-state index is 0.491. The van der Waals surface area contributed by atoms with E-state index in [1.54, 1.807) is 0 Å². The van der Waals surface area contributed by atoms with Crippen LogP contribution in [0.3, 0.4) is 0 Å². The Labute approximate surface area is 114 Å². The fourth-order valence-corrected chi connectivity index (χ4v) is 1.40. The molecule has 0 atom stereocenters. The first-order valence-corrected chi connectivity index (χ1v) is 6.19. The van der Waals surface area contributed by atoms with Gasteiger partial charge in [-0.05, 0) is 43.7 Å². The van der Waals surface area contributed by atoms with E-state index < -0.39 is 0 Å². The van der Waals surface area contributed by atoms with Crippen LogP contribution in [0.5, 0.6) is 5.75 Å². The van der Waals surface area contributed by atoms with Gasteiger partial charge in [0.2, 0.25) is 6.34 Å². The Morgan fingerprint density at radius 1 is 1.44 bits per heavy atom. The molecule has 4 heteroatoms. The van der Waals surface area contributed by atoms with Crippen LogP contribution in [-0.2, 0) is 0 Å². The van der Waals surface area contributed by atoms with Crippen LogP contribution in [0.2, 0.25) is 0 Å². The van der Waals surface area contributed by atoms with E-state index in [0.717, 1.165) is 22.0 Å². The molecule has 0 bridgehead atoms. The molecule has 1 N–H and O–H groups in total. The highest BCUT2D eigenvalue weighted by Gasteiger charge is 2.02. The van der Waals surface area contributed by atoms with Crippen LogP contribution in [0.4, 0.5) is 5.69 Å². The molecule has 0 aliphatic heterocycles. The maximum absolute atomic E-state index is 5.73. The Morgan fingerprint density at radius 3 is 2.72 bits per heavy atom. The lowest BCUT2D eigenvalue weighted by Gasteiger charge is -2.06. The molecule has 0 amide bonds. The molecule has 0 aliphatic carbocycles. The predicted octanol–water partition coefficient (Wildman–Crippen LogP) is 3.23. The highest BCUT2D eigenvalue weighted by Crippen LogP contribution is 2.21. The summed E-state index contributed by atoms with van der Waals surface area (Å²) in [5, 5.41) is 3.97. The third-order valence-electron chi connectivity index (χ3n) is 2.29. The average molecular weight is 268 g/mol. The van der Waals surface area contributed by atoms with Crippen LogP contribution >= 0.6 is 11.6 Å². The summed E-state index contributed by atoms with van der Waals surface area (Å²) in [7, 11) is 3.95. The molecule has 98 valence electrons. The predicted molar refractivity (Wildman–Crippen MR) is 78.1 cm³/mol. The first kappa shape index (κ1) is 14.6. The van der Waals surface area contributed by atoms with Gasteiger partial charge in [0.15, 0.2) is 0 Å². The van der Waals surface area contributed by atoms with Crippen LogP contribution in [0, 0.1) is 6.92 Å². The third-order valence-corrected chi connectivity index (χ3v) is 2.45. The number of aryl methyl sites for hydroxylation is 1. The normalized spacial score (nSPS) is 11.1. The van der Waals surface area contributed by atoms with E-state index in [4.69, 9.17) is 16.3 Å². The van der Waals surface area contributed by atoms with E-state index in [-0.39, 0.29) is 0 Å². The number of nitrogens with one attached hydrogen (secondary N) is 1. The van der Waals surface area contributed by atoms with Crippen LogP contribution in [0.1, 0.15) is 12.5 Å². The van der Waals surface area contributed by atoms with Crippen molar-refractivity contribution in [1.82, 2.24) is 0 Å². The lowest BCUT2D eigenvalue weighted by molar-refractivity contribution is -0.459. The summed E-state index contributed by atoms with van der Waals surface area (Å²) < 4.78 is 7.53. The summed E-state index contributed by atoms with van der Waals surface area (Å²) in [6.07, 6.45) is 3.74. The van der Waals surface area contributed by atoms with Crippen molar-refractivity contribution < 1.29 is 9.31 Å². The van der Waals surface area contributed by atoms with Crippen molar-refractivity contribution in [2.75, 3.05) is 26.0 Å². The third kappa shape index (κ3) is 5.23. The van der Waals surface area contributed by atoms with Crippen molar-refractivity contribution in [3.8, 4) is 5.75 Å². The smallest absolute Gasteiger partial charge is 0.236 e. The number of hydrogen-bond acceptors (Lipinski definition) is 1. The van der Waals surface area contributed by atoms with Gasteiger partial charge in [0.25, 0.3) is 0 Å². The van der Waals surface area contributed by atoms with E-state index >= 15 is 0 Å². The van der Waals surface area contributed by atoms with E-state index in [1.165, 1.54) is 0 Å². The number of halogens is 1. The van der Waals surface area contributed by atoms with Crippen LogP contribution < -0.4 is 10.1 Å². The van der Waals surface area contributed by atoms with Gasteiger partial charge in [0.1, 0.15) is 18.0 Å². The number of hydrogen-bond donors (Lipinski definition) is 1. The monoisotopic (exact) mass is 267 g/mol. The Bertz CT molecular complexity index is 459. The molecule has 0 radical (unpaired) electrons. The molecule has 0 aliphatic rings. The summed E-state index contributed by atoms with van der Waals surface area (Å²) in [5.41, 5.74) is 2.21. The van der Waals surface area contributed by atoms with Gasteiger partial charge in [0, 0.05) is 5.03 Å². The second-order valence-electron chi connectivity index (χ2n) is 4.32. The largest absolute Gasteiger partial charge is 0.489 e. The number of anilines is 1. The number of benzene rings is 1. The number of rotatable bonds is 5. The maximum atomic E-state index is 5.73. The maximum Gasteiger partial charge on any atom is 0.236 e.